The van der Waals surface area contributed by atoms with Crippen LogP contribution in [0.25, 0.3) is 0 Å². The number of benzene rings is 2. The van der Waals surface area contributed by atoms with Crippen LogP contribution in [0.5, 0.6) is 0 Å². The van der Waals surface area contributed by atoms with Crippen LogP contribution in [-0.2, 0) is 6.54 Å². The summed E-state index contributed by atoms with van der Waals surface area (Å²) in [4.78, 5) is 13.9. The van der Waals surface area contributed by atoms with Crippen LogP contribution in [0.2, 0.25) is 15.1 Å². The molecule has 5 heteroatoms. The molecule has 0 heterocycles. The molecule has 2 nitrogen and oxygen atoms in total. The first kappa shape index (κ1) is 15.2. The van der Waals surface area contributed by atoms with Crippen molar-refractivity contribution in [3.63, 3.8) is 0 Å². The number of carbonyl (C=O) groups is 1. The zero-order valence-electron chi connectivity index (χ0n) is 10.7. The molecule has 0 fully saturated rings. The maximum absolute atomic E-state index is 12.3. The quantitative estimate of drug-likeness (QED) is 0.783. The second-order valence-corrected chi connectivity index (χ2v) is 5.69. The van der Waals surface area contributed by atoms with Crippen molar-refractivity contribution in [3.8, 4) is 0 Å². The Bertz CT molecular complexity index is 626. The molecular weight excluding hydrogens is 317 g/mol. The van der Waals surface area contributed by atoms with Gasteiger partial charge < -0.3 is 4.90 Å². The number of amides is 1. The Morgan fingerprint density at radius 2 is 1.60 bits per heavy atom. The molecule has 0 aliphatic heterocycles. The topological polar surface area (TPSA) is 20.3 Å². The molecule has 0 saturated heterocycles. The van der Waals surface area contributed by atoms with Crippen LogP contribution in [0.15, 0.2) is 42.5 Å². The number of rotatable bonds is 3. The Hall–Kier alpha value is -1.22. The SMILES string of the molecule is CN(Cc1ccc(Cl)cc1)C(=O)c1ccc(Cl)cc1Cl. The summed E-state index contributed by atoms with van der Waals surface area (Å²) in [5, 5.41) is 1.53. The van der Waals surface area contributed by atoms with Gasteiger partial charge in [-0.15, -0.1) is 0 Å². The van der Waals surface area contributed by atoms with E-state index in [1.165, 1.54) is 0 Å². The number of halogens is 3. The van der Waals surface area contributed by atoms with Crippen LogP contribution in [0, 0.1) is 0 Å². The minimum absolute atomic E-state index is 0.151. The fourth-order valence-corrected chi connectivity index (χ4v) is 2.42. The Balaban J connectivity index is 2.14. The van der Waals surface area contributed by atoms with E-state index in [-0.39, 0.29) is 5.91 Å². The first-order chi connectivity index (χ1) is 9.47. The van der Waals surface area contributed by atoms with Crippen molar-refractivity contribution < 1.29 is 4.79 Å². The minimum atomic E-state index is -0.151. The summed E-state index contributed by atoms with van der Waals surface area (Å²) in [6.45, 7) is 0.481. The first-order valence-corrected chi connectivity index (χ1v) is 7.05. The van der Waals surface area contributed by atoms with Crippen LogP contribution < -0.4 is 0 Å². The molecule has 0 spiro atoms. The highest BCUT2D eigenvalue weighted by Crippen LogP contribution is 2.22. The molecule has 0 N–H and O–H groups in total. The number of nitrogens with zero attached hydrogens (tertiary/aromatic N) is 1. The van der Waals surface area contributed by atoms with Gasteiger partial charge in [-0.05, 0) is 35.9 Å². The van der Waals surface area contributed by atoms with Gasteiger partial charge in [0.25, 0.3) is 5.91 Å². The highest BCUT2D eigenvalue weighted by Gasteiger charge is 2.15. The van der Waals surface area contributed by atoms with Crippen molar-refractivity contribution in [1.29, 1.82) is 0 Å². The van der Waals surface area contributed by atoms with Gasteiger partial charge in [0.1, 0.15) is 0 Å². The highest BCUT2D eigenvalue weighted by atomic mass is 35.5. The van der Waals surface area contributed by atoms with Gasteiger partial charge in [-0.2, -0.15) is 0 Å². The molecular formula is C15H12Cl3NO. The Morgan fingerprint density at radius 3 is 2.20 bits per heavy atom. The van der Waals surface area contributed by atoms with Crippen molar-refractivity contribution in [1.82, 2.24) is 4.90 Å². The monoisotopic (exact) mass is 327 g/mol. The van der Waals surface area contributed by atoms with E-state index in [9.17, 15) is 4.79 Å². The maximum atomic E-state index is 12.3. The fraction of sp³-hybridized carbons (Fsp3) is 0.133. The minimum Gasteiger partial charge on any atom is -0.337 e. The molecule has 0 radical (unpaired) electrons. The summed E-state index contributed by atoms with van der Waals surface area (Å²) < 4.78 is 0. The molecule has 0 unspecified atom stereocenters. The summed E-state index contributed by atoms with van der Waals surface area (Å²) in [5.74, 6) is -0.151. The van der Waals surface area contributed by atoms with E-state index in [1.54, 1.807) is 42.3 Å². The molecule has 0 aliphatic carbocycles. The molecule has 0 bridgehead atoms. The van der Waals surface area contributed by atoms with E-state index in [0.717, 1.165) is 5.56 Å². The molecule has 0 atom stereocenters. The van der Waals surface area contributed by atoms with Gasteiger partial charge in [-0.1, -0.05) is 46.9 Å². The van der Waals surface area contributed by atoms with E-state index < -0.39 is 0 Å². The maximum Gasteiger partial charge on any atom is 0.255 e. The third-order valence-electron chi connectivity index (χ3n) is 2.84. The van der Waals surface area contributed by atoms with Crippen LogP contribution in [0.4, 0.5) is 0 Å². The summed E-state index contributed by atoms with van der Waals surface area (Å²) in [6.07, 6.45) is 0. The molecule has 104 valence electrons. The van der Waals surface area contributed by atoms with Gasteiger partial charge in [-0.3, -0.25) is 4.79 Å². The van der Waals surface area contributed by atoms with E-state index in [2.05, 4.69) is 0 Å². The highest BCUT2D eigenvalue weighted by molar-refractivity contribution is 6.36. The standard InChI is InChI=1S/C15H12Cl3NO/c1-19(9-10-2-4-11(16)5-3-10)15(20)13-7-6-12(17)8-14(13)18/h2-8H,9H2,1H3. The van der Waals surface area contributed by atoms with Crippen LogP contribution in [0.3, 0.4) is 0 Å². The largest absolute Gasteiger partial charge is 0.337 e. The smallest absolute Gasteiger partial charge is 0.255 e. The third-order valence-corrected chi connectivity index (χ3v) is 3.64. The predicted octanol–water partition coefficient (Wildman–Crippen LogP) is 4.92. The van der Waals surface area contributed by atoms with Crippen LogP contribution >= 0.6 is 34.8 Å². The lowest BCUT2D eigenvalue weighted by atomic mass is 10.1. The van der Waals surface area contributed by atoms with Crippen molar-refractivity contribution in [3.05, 3.63) is 68.7 Å². The molecule has 0 aromatic heterocycles. The van der Waals surface area contributed by atoms with E-state index in [1.807, 2.05) is 12.1 Å². The summed E-state index contributed by atoms with van der Waals surface area (Å²) in [6, 6.07) is 12.2. The van der Waals surface area contributed by atoms with E-state index in [4.69, 9.17) is 34.8 Å². The second-order valence-electron chi connectivity index (χ2n) is 4.41. The molecule has 2 aromatic carbocycles. The lowest BCUT2D eigenvalue weighted by molar-refractivity contribution is 0.0785. The molecule has 2 rings (SSSR count). The van der Waals surface area contributed by atoms with Gasteiger partial charge in [0.2, 0.25) is 0 Å². The summed E-state index contributed by atoms with van der Waals surface area (Å²) in [5.41, 5.74) is 1.43. The molecule has 0 saturated carbocycles. The van der Waals surface area contributed by atoms with Crippen LogP contribution in [-0.4, -0.2) is 17.9 Å². The number of hydrogen-bond acceptors (Lipinski definition) is 1. The number of carbonyl (C=O) groups excluding carboxylic acids is 1. The van der Waals surface area contributed by atoms with Gasteiger partial charge in [0.15, 0.2) is 0 Å². The molecule has 2 aromatic rings. The number of hydrogen-bond donors (Lipinski definition) is 0. The second kappa shape index (κ2) is 6.49. The lowest BCUT2D eigenvalue weighted by Crippen LogP contribution is -2.26. The van der Waals surface area contributed by atoms with Crippen molar-refractivity contribution in [2.75, 3.05) is 7.05 Å². The Kier molecular flexibility index (Phi) is 4.92. The lowest BCUT2D eigenvalue weighted by Gasteiger charge is -2.18. The van der Waals surface area contributed by atoms with Gasteiger partial charge in [0.05, 0.1) is 10.6 Å². The zero-order chi connectivity index (χ0) is 14.7. The van der Waals surface area contributed by atoms with E-state index in [0.29, 0.717) is 27.2 Å². The average Bonchev–Trinajstić information content (AvgIpc) is 2.40. The van der Waals surface area contributed by atoms with Crippen molar-refractivity contribution in [2.45, 2.75) is 6.54 Å². The van der Waals surface area contributed by atoms with Crippen molar-refractivity contribution >= 4 is 40.7 Å². The fourth-order valence-electron chi connectivity index (χ4n) is 1.80. The third kappa shape index (κ3) is 3.66. The summed E-state index contributed by atoms with van der Waals surface area (Å²) >= 11 is 17.7. The van der Waals surface area contributed by atoms with Gasteiger partial charge in [-0.25, -0.2) is 0 Å². The summed E-state index contributed by atoms with van der Waals surface area (Å²) in [7, 11) is 1.72. The van der Waals surface area contributed by atoms with Crippen molar-refractivity contribution in [2.24, 2.45) is 0 Å². The van der Waals surface area contributed by atoms with Crippen LogP contribution in [0.1, 0.15) is 15.9 Å². The molecule has 20 heavy (non-hydrogen) atoms. The first-order valence-electron chi connectivity index (χ1n) is 5.92. The van der Waals surface area contributed by atoms with E-state index >= 15 is 0 Å². The average molecular weight is 329 g/mol. The van der Waals surface area contributed by atoms with Gasteiger partial charge in [0, 0.05) is 23.6 Å². The zero-order valence-corrected chi connectivity index (χ0v) is 13.0. The van der Waals surface area contributed by atoms with Gasteiger partial charge >= 0.3 is 0 Å². The Morgan fingerprint density at radius 1 is 1.00 bits per heavy atom. The Labute approximate surface area is 132 Å². The normalized spacial score (nSPS) is 10.4. The predicted molar refractivity (Wildman–Crippen MR) is 83.7 cm³/mol. The molecule has 1 amide bonds. The molecule has 0 aliphatic rings.